The minimum atomic E-state index is -5.03. The number of hydrogen-bond acceptors (Lipinski definition) is 6. The fraction of sp³-hybridized carbons (Fsp3) is 1.00. The molecule has 0 aromatic rings. The van der Waals surface area contributed by atoms with Crippen LogP contribution in [0.2, 0.25) is 0 Å². The van der Waals surface area contributed by atoms with Gasteiger partial charge in [0.1, 0.15) is 12.0 Å². The van der Waals surface area contributed by atoms with Crippen LogP contribution in [0.3, 0.4) is 0 Å². The second-order valence-electron chi connectivity index (χ2n) is 5.93. The van der Waals surface area contributed by atoms with Crippen LogP contribution in [-0.2, 0) is 19.4 Å². The number of alkyl halides is 2. The van der Waals surface area contributed by atoms with E-state index in [9.17, 15) is 22.5 Å². The molecule has 0 amide bonds. The van der Waals surface area contributed by atoms with Crippen LogP contribution in [0.25, 0.3) is 0 Å². The highest BCUT2D eigenvalue weighted by Crippen LogP contribution is 2.47. The molecule has 0 N–H and O–H groups in total. The summed E-state index contributed by atoms with van der Waals surface area (Å²) >= 11 is -0.817. The molecule has 1 aliphatic heterocycles. The van der Waals surface area contributed by atoms with Crippen LogP contribution in [-0.4, -0.2) is 28.4 Å². The van der Waals surface area contributed by atoms with E-state index in [0.717, 1.165) is 10.7 Å². The Hall–Kier alpha value is -0.0000000000000000694. The van der Waals surface area contributed by atoms with Crippen molar-refractivity contribution in [3.8, 4) is 0 Å². The van der Waals surface area contributed by atoms with E-state index in [2.05, 4.69) is 9.37 Å². The van der Waals surface area contributed by atoms with Gasteiger partial charge >= 0.3 is 4.59 Å². The van der Waals surface area contributed by atoms with Gasteiger partial charge in [0.2, 0.25) is 0 Å². The van der Waals surface area contributed by atoms with E-state index in [-0.39, 0.29) is 0 Å². The predicted octanol–water partition coefficient (Wildman–Crippen LogP) is 1.78. The fourth-order valence-corrected chi connectivity index (χ4v) is 5.28. The SMILES string of the molecule is CC1(C)CCCC(C)(C)N1S(=O)(=O)C(F)(F)SOO[O-]. The summed E-state index contributed by atoms with van der Waals surface area (Å²) in [7, 11) is -5.03. The Labute approximate surface area is 121 Å². The summed E-state index contributed by atoms with van der Waals surface area (Å²) < 4.78 is 52.2. The largest absolute Gasteiger partial charge is 0.691 e. The molecule has 10 heteroatoms. The lowest BCUT2D eigenvalue weighted by Crippen LogP contribution is -2.63. The summed E-state index contributed by atoms with van der Waals surface area (Å²) in [5.41, 5.74) is -1.91. The molecule has 1 rings (SSSR count). The molecule has 1 fully saturated rings. The zero-order valence-corrected chi connectivity index (χ0v) is 13.3. The van der Waals surface area contributed by atoms with Crippen LogP contribution < -0.4 is 5.26 Å². The monoisotopic (exact) mass is 334 g/mol. The summed E-state index contributed by atoms with van der Waals surface area (Å²) in [4.78, 5) is 0. The molecule has 1 heterocycles. The topological polar surface area (TPSA) is 78.9 Å². The van der Waals surface area contributed by atoms with Gasteiger partial charge in [-0.25, -0.2) is 8.42 Å². The smallest absolute Gasteiger partial charge is 0.433 e. The van der Waals surface area contributed by atoms with Gasteiger partial charge in [0.05, 0.1) is 0 Å². The van der Waals surface area contributed by atoms with Crippen molar-refractivity contribution in [1.29, 1.82) is 0 Å². The molecule has 0 aromatic carbocycles. The third-order valence-electron chi connectivity index (χ3n) is 3.38. The van der Waals surface area contributed by atoms with Crippen molar-refractivity contribution < 1.29 is 31.8 Å². The van der Waals surface area contributed by atoms with Gasteiger partial charge in [-0.05, 0) is 47.0 Å². The van der Waals surface area contributed by atoms with Crippen molar-refractivity contribution in [2.24, 2.45) is 0 Å². The molecule has 0 atom stereocenters. The third kappa shape index (κ3) is 3.25. The maximum absolute atomic E-state index is 13.8. The Balaban J connectivity index is 3.23. The number of piperidine rings is 1. The standard InChI is InChI=1S/C10H19F2NO5S2/c1-8(2)6-5-7-9(3,4)13(8)20(15,16)10(11,12)19-18-17-14/h14H,5-7H2,1-4H3/p-1. The van der Waals surface area contributed by atoms with Gasteiger partial charge in [-0.15, -0.1) is 0 Å². The summed E-state index contributed by atoms with van der Waals surface area (Å²) in [5, 5.41) is 12.5. The number of sulfonamides is 1. The number of halogens is 2. The molecule has 1 aliphatic rings. The molecule has 0 unspecified atom stereocenters. The van der Waals surface area contributed by atoms with Crippen LogP contribution in [0.5, 0.6) is 0 Å². The quantitative estimate of drug-likeness (QED) is 0.433. The highest BCUT2D eigenvalue weighted by molar-refractivity contribution is 8.10. The molecule has 0 spiro atoms. The van der Waals surface area contributed by atoms with Crippen LogP contribution in [0.15, 0.2) is 0 Å². The Morgan fingerprint density at radius 3 is 2.05 bits per heavy atom. The van der Waals surface area contributed by atoms with Crippen LogP contribution >= 0.6 is 12.0 Å². The molecular formula is C10H18F2NO5S2-. The highest BCUT2D eigenvalue weighted by atomic mass is 32.3. The number of nitrogens with zero attached hydrogens (tertiary/aromatic N) is 1. The van der Waals surface area contributed by atoms with Gasteiger partial charge in [0.15, 0.2) is 0 Å². The fourth-order valence-electron chi connectivity index (χ4n) is 2.83. The van der Waals surface area contributed by atoms with E-state index in [4.69, 9.17) is 0 Å². The Bertz CT molecular complexity index is 437. The van der Waals surface area contributed by atoms with Gasteiger partial charge in [0, 0.05) is 11.1 Å². The maximum atomic E-state index is 13.8. The minimum Gasteiger partial charge on any atom is -0.691 e. The van der Waals surface area contributed by atoms with E-state index in [1.54, 1.807) is 27.7 Å². The summed E-state index contributed by atoms with van der Waals surface area (Å²) in [6, 6.07) is 0. The first-order valence-electron chi connectivity index (χ1n) is 5.96. The number of hydrogen-bond donors (Lipinski definition) is 0. The van der Waals surface area contributed by atoms with Crippen molar-refractivity contribution >= 4 is 22.1 Å². The first kappa shape index (κ1) is 18.1. The van der Waals surface area contributed by atoms with Crippen molar-refractivity contribution in [3.63, 3.8) is 0 Å². The van der Waals surface area contributed by atoms with Gasteiger partial charge in [0.25, 0.3) is 10.0 Å². The van der Waals surface area contributed by atoms with Gasteiger partial charge < -0.3 is 5.26 Å². The predicted molar refractivity (Wildman–Crippen MR) is 67.5 cm³/mol. The molecule has 0 aliphatic carbocycles. The van der Waals surface area contributed by atoms with Crippen LogP contribution in [0.1, 0.15) is 47.0 Å². The van der Waals surface area contributed by atoms with Crippen molar-refractivity contribution in [1.82, 2.24) is 4.31 Å². The summed E-state index contributed by atoms with van der Waals surface area (Å²) in [5.74, 6) is 0. The minimum absolute atomic E-state index is 0.468. The first-order valence-corrected chi connectivity index (χ1v) is 8.14. The van der Waals surface area contributed by atoms with E-state index >= 15 is 0 Å². The van der Waals surface area contributed by atoms with Gasteiger partial charge in [-0.2, -0.15) is 17.4 Å². The van der Waals surface area contributed by atoms with Gasteiger partial charge in [-0.3, -0.25) is 5.04 Å². The van der Waals surface area contributed by atoms with Crippen molar-refractivity contribution in [3.05, 3.63) is 0 Å². The molecule has 6 nitrogen and oxygen atoms in total. The summed E-state index contributed by atoms with van der Waals surface area (Å²) in [6.45, 7) is 6.38. The highest BCUT2D eigenvalue weighted by Gasteiger charge is 2.59. The Morgan fingerprint density at radius 2 is 1.65 bits per heavy atom. The van der Waals surface area contributed by atoms with Crippen LogP contribution in [0.4, 0.5) is 8.78 Å². The average molecular weight is 334 g/mol. The normalized spacial score (nSPS) is 23.8. The molecule has 1 saturated heterocycles. The molecular weight excluding hydrogens is 316 g/mol. The molecule has 0 radical (unpaired) electrons. The molecule has 0 aromatic heterocycles. The zero-order chi connectivity index (χ0) is 15.8. The Kier molecular flexibility index (Phi) is 5.10. The van der Waals surface area contributed by atoms with E-state index in [1.165, 1.54) is 0 Å². The lowest BCUT2D eigenvalue weighted by Gasteiger charge is -2.51. The molecule has 0 saturated carbocycles. The van der Waals surface area contributed by atoms with E-state index in [0.29, 0.717) is 12.8 Å². The maximum Gasteiger partial charge on any atom is 0.433 e. The zero-order valence-electron chi connectivity index (χ0n) is 11.7. The second-order valence-corrected chi connectivity index (χ2v) is 8.83. The molecule has 120 valence electrons. The third-order valence-corrected chi connectivity index (χ3v) is 6.60. The Morgan fingerprint density at radius 1 is 1.20 bits per heavy atom. The lowest BCUT2D eigenvalue weighted by molar-refractivity contribution is -0.777. The molecule has 20 heavy (non-hydrogen) atoms. The number of rotatable bonds is 5. The lowest BCUT2D eigenvalue weighted by atomic mass is 9.83. The average Bonchev–Trinajstić information content (AvgIpc) is 2.22. The van der Waals surface area contributed by atoms with Crippen molar-refractivity contribution in [2.45, 2.75) is 62.6 Å². The van der Waals surface area contributed by atoms with E-state index in [1.807, 2.05) is 0 Å². The second kappa shape index (κ2) is 5.65. The summed E-state index contributed by atoms with van der Waals surface area (Å²) in [6.07, 6.45) is 1.68. The van der Waals surface area contributed by atoms with Crippen molar-refractivity contribution in [2.75, 3.05) is 0 Å². The first-order chi connectivity index (χ1) is 8.88. The molecule has 0 bridgehead atoms. The van der Waals surface area contributed by atoms with Gasteiger partial charge in [-0.1, -0.05) is 0 Å². The van der Waals surface area contributed by atoms with E-state index < -0.39 is 37.7 Å². The van der Waals surface area contributed by atoms with Crippen LogP contribution in [0, 0.1) is 0 Å².